The summed E-state index contributed by atoms with van der Waals surface area (Å²) in [7, 11) is 0. The first-order valence-electron chi connectivity index (χ1n) is 12.1. The molecule has 3 N–H and O–H groups in total. The molecule has 0 spiro atoms. The predicted octanol–water partition coefficient (Wildman–Crippen LogP) is 4.54. The molecule has 2 aromatic heterocycles. The molecule has 1 aliphatic heterocycles. The number of carbonyl (C=O) groups excluding carboxylic acids is 3. The van der Waals surface area contributed by atoms with Gasteiger partial charge in [-0.15, -0.1) is 34.0 Å². The molecule has 2 aliphatic rings. The van der Waals surface area contributed by atoms with Crippen molar-refractivity contribution in [3.8, 4) is 11.4 Å². The minimum atomic E-state index is -0.590. The second-order valence-corrected chi connectivity index (χ2v) is 10.4. The fourth-order valence-electron chi connectivity index (χ4n) is 3.57. The van der Waals surface area contributed by atoms with Gasteiger partial charge in [-0.25, -0.2) is 4.79 Å². The van der Waals surface area contributed by atoms with Crippen LogP contribution < -0.4 is 16.0 Å². The van der Waals surface area contributed by atoms with Crippen LogP contribution in [0.5, 0.6) is 0 Å². The van der Waals surface area contributed by atoms with Gasteiger partial charge in [-0.3, -0.25) is 14.9 Å². The molecule has 0 fully saturated rings. The number of nitrogens with zero attached hydrogens (tertiary/aromatic N) is 4. The fraction of sp³-hybridized carbons (Fsp3) is 0.400. The van der Waals surface area contributed by atoms with Gasteiger partial charge in [0.2, 0.25) is 17.6 Å². The van der Waals surface area contributed by atoms with Crippen LogP contribution in [-0.2, 0) is 20.7 Å². The van der Waals surface area contributed by atoms with Crippen molar-refractivity contribution in [3.63, 3.8) is 0 Å². The average molecular weight is 576 g/mol. The maximum Gasteiger partial charge on any atom is 0.412 e. The minimum Gasteiger partial charge on any atom is -0.444 e. The van der Waals surface area contributed by atoms with Crippen molar-refractivity contribution in [2.45, 2.75) is 45.6 Å². The first kappa shape index (κ1) is 29.7. The summed E-state index contributed by atoms with van der Waals surface area (Å²) in [6, 6.07) is 1.73. The van der Waals surface area contributed by atoms with E-state index in [9.17, 15) is 14.4 Å². The molecule has 1 unspecified atom stereocenters. The molecule has 0 aromatic carbocycles. The first-order chi connectivity index (χ1) is 18.2. The summed E-state index contributed by atoms with van der Waals surface area (Å²) in [6.07, 6.45) is 7.96. The van der Waals surface area contributed by atoms with Gasteiger partial charge in [0.05, 0.1) is 10.9 Å². The maximum atomic E-state index is 12.2. The van der Waals surface area contributed by atoms with Gasteiger partial charge < -0.3 is 19.9 Å². The number of fused-ring (bicyclic) bond motifs is 1. The largest absolute Gasteiger partial charge is 0.444 e. The molecule has 0 radical (unpaired) electrons. The predicted molar refractivity (Wildman–Crippen MR) is 147 cm³/mol. The molecular formula is C25H30ClN7O5S. The van der Waals surface area contributed by atoms with E-state index in [-0.39, 0.29) is 36.6 Å². The van der Waals surface area contributed by atoms with Crippen LogP contribution >= 0.6 is 23.7 Å². The Labute approximate surface area is 235 Å². The molecule has 0 saturated heterocycles. The number of hydrogen-bond acceptors (Lipinski definition) is 10. The number of halogens is 1. The van der Waals surface area contributed by atoms with Crippen LogP contribution in [0.3, 0.4) is 0 Å². The van der Waals surface area contributed by atoms with Gasteiger partial charge in [0.25, 0.3) is 5.91 Å². The van der Waals surface area contributed by atoms with Crippen molar-refractivity contribution in [3.05, 3.63) is 53.0 Å². The highest BCUT2D eigenvalue weighted by molar-refractivity contribution is 7.14. The van der Waals surface area contributed by atoms with Crippen molar-refractivity contribution in [1.82, 2.24) is 20.8 Å². The van der Waals surface area contributed by atoms with Gasteiger partial charge in [0, 0.05) is 42.4 Å². The van der Waals surface area contributed by atoms with Crippen LogP contribution in [-0.4, -0.2) is 46.7 Å². The smallest absolute Gasteiger partial charge is 0.412 e. The maximum absolute atomic E-state index is 12.2. The summed E-state index contributed by atoms with van der Waals surface area (Å²) in [5, 5.41) is 22.7. The molecular weight excluding hydrogens is 546 g/mol. The molecule has 39 heavy (non-hydrogen) atoms. The summed E-state index contributed by atoms with van der Waals surface area (Å²) in [5.74, 6) is 0.506. The number of azo groups is 1. The number of aromatic nitrogens is 2. The van der Waals surface area contributed by atoms with E-state index < -0.39 is 11.7 Å². The van der Waals surface area contributed by atoms with E-state index in [1.54, 1.807) is 38.3 Å². The van der Waals surface area contributed by atoms with E-state index >= 15 is 0 Å². The zero-order valence-electron chi connectivity index (χ0n) is 21.7. The Bertz CT molecular complexity index is 1320. The van der Waals surface area contributed by atoms with Crippen molar-refractivity contribution >= 4 is 46.7 Å². The number of amides is 3. The van der Waals surface area contributed by atoms with E-state index in [1.807, 2.05) is 18.2 Å². The van der Waals surface area contributed by atoms with E-state index in [1.165, 1.54) is 11.3 Å². The number of carbonyl (C=O) groups is 3. The zero-order valence-corrected chi connectivity index (χ0v) is 23.4. The number of hydrogen-bond donors (Lipinski definition) is 3. The summed E-state index contributed by atoms with van der Waals surface area (Å²) in [5.41, 5.74) is 0.901. The van der Waals surface area contributed by atoms with Crippen LogP contribution in [0.1, 0.15) is 39.5 Å². The third-order valence-corrected chi connectivity index (χ3v) is 6.14. The lowest BCUT2D eigenvalue weighted by molar-refractivity contribution is -0.121. The van der Waals surface area contributed by atoms with Gasteiger partial charge in [-0.05, 0) is 33.3 Å². The SMILES string of the molecule is CC(C)(C)OC(=O)Nc1cc(-c2noc(CCC(=O)NCCCNC3=C4C=CC=CC4C(=O)N=N3)n2)cs1.Cl. The molecule has 12 nitrogen and oxygen atoms in total. The zero-order chi connectivity index (χ0) is 27.1. The molecule has 2 aromatic rings. The molecule has 4 rings (SSSR count). The Balaban J connectivity index is 0.00000420. The standard InChI is InChI=1S/C25H29N7O5S.ClH/c1-25(2,3)36-24(35)29-20-13-15(14-38-20)21-28-19(37-32-21)10-9-18(33)26-11-6-12-27-22-16-7-4-5-8-17(16)23(34)31-30-22;/h4-5,7-8,13-14,17,27H,6,9-12H2,1-3H3,(H,26,33)(H,29,35);1H. The van der Waals surface area contributed by atoms with Crippen LogP contribution in [0.15, 0.2) is 61.9 Å². The number of anilines is 1. The third-order valence-electron chi connectivity index (χ3n) is 5.30. The summed E-state index contributed by atoms with van der Waals surface area (Å²) >= 11 is 1.32. The highest BCUT2D eigenvalue weighted by Crippen LogP contribution is 2.28. The quantitative estimate of drug-likeness (QED) is 0.348. The molecule has 0 saturated carbocycles. The third kappa shape index (κ3) is 8.58. The van der Waals surface area contributed by atoms with Gasteiger partial charge in [-0.1, -0.05) is 29.5 Å². The molecule has 3 amide bonds. The highest BCUT2D eigenvalue weighted by atomic mass is 35.5. The Morgan fingerprint density at radius 1 is 1.18 bits per heavy atom. The lowest BCUT2D eigenvalue weighted by Crippen LogP contribution is -2.28. The van der Waals surface area contributed by atoms with Gasteiger partial charge in [0.15, 0.2) is 5.82 Å². The fourth-order valence-corrected chi connectivity index (χ4v) is 4.33. The summed E-state index contributed by atoms with van der Waals surface area (Å²) in [6.45, 7) is 6.41. The second kappa shape index (κ2) is 13.3. The van der Waals surface area contributed by atoms with Crippen molar-refractivity contribution in [1.29, 1.82) is 0 Å². The van der Waals surface area contributed by atoms with Crippen molar-refractivity contribution < 1.29 is 23.6 Å². The molecule has 208 valence electrons. The van der Waals surface area contributed by atoms with E-state index in [4.69, 9.17) is 9.26 Å². The number of ether oxygens (including phenoxy) is 1. The van der Waals surface area contributed by atoms with Crippen LogP contribution in [0, 0.1) is 5.92 Å². The topological polar surface area (TPSA) is 160 Å². The number of aryl methyl sites for hydroxylation is 1. The van der Waals surface area contributed by atoms with Gasteiger partial charge in [-0.2, -0.15) is 4.98 Å². The van der Waals surface area contributed by atoms with Crippen LogP contribution in [0.4, 0.5) is 9.80 Å². The minimum absolute atomic E-state index is 0. The van der Waals surface area contributed by atoms with Crippen LogP contribution in [0.25, 0.3) is 11.4 Å². The average Bonchev–Trinajstić information content (AvgIpc) is 3.52. The normalized spacial score (nSPS) is 16.0. The molecule has 1 aliphatic carbocycles. The first-order valence-corrected chi connectivity index (χ1v) is 13.0. The number of nitrogens with one attached hydrogen (secondary N) is 3. The second-order valence-electron chi connectivity index (χ2n) is 9.53. The Kier molecular flexibility index (Phi) is 10.1. The molecule has 14 heteroatoms. The summed E-state index contributed by atoms with van der Waals surface area (Å²) < 4.78 is 10.5. The summed E-state index contributed by atoms with van der Waals surface area (Å²) in [4.78, 5) is 40.3. The molecule has 1 atom stereocenters. The number of thiophene rings is 1. The Morgan fingerprint density at radius 3 is 2.79 bits per heavy atom. The molecule has 3 heterocycles. The van der Waals surface area contributed by atoms with E-state index in [0.29, 0.717) is 54.0 Å². The highest BCUT2D eigenvalue weighted by Gasteiger charge is 2.27. The van der Waals surface area contributed by atoms with Crippen LogP contribution in [0.2, 0.25) is 0 Å². The molecule has 0 bridgehead atoms. The van der Waals surface area contributed by atoms with Gasteiger partial charge >= 0.3 is 6.09 Å². The lowest BCUT2D eigenvalue weighted by Gasteiger charge is -2.20. The van der Waals surface area contributed by atoms with Gasteiger partial charge in [0.1, 0.15) is 5.60 Å². The van der Waals surface area contributed by atoms with Crippen molar-refractivity contribution in [2.75, 3.05) is 18.4 Å². The van der Waals surface area contributed by atoms with E-state index in [0.717, 1.165) is 5.57 Å². The van der Waals surface area contributed by atoms with E-state index in [2.05, 4.69) is 36.3 Å². The Morgan fingerprint density at radius 2 is 2.00 bits per heavy atom. The monoisotopic (exact) mass is 575 g/mol. The van der Waals surface area contributed by atoms with Crippen molar-refractivity contribution in [2.24, 2.45) is 16.1 Å². The number of allylic oxidation sites excluding steroid dienone is 3. The number of rotatable bonds is 10. The lowest BCUT2D eigenvalue weighted by atomic mass is 9.93. The Hall–Kier alpha value is -3.84.